The molecule has 0 aromatic heterocycles. The second-order valence-corrected chi connectivity index (χ2v) is 10.0. The van der Waals surface area contributed by atoms with Gasteiger partial charge < -0.3 is 9.84 Å². The number of hydrogen-bond acceptors (Lipinski definition) is 4. The molecule has 4 aromatic carbocycles. The van der Waals surface area contributed by atoms with Gasteiger partial charge in [0.1, 0.15) is 12.4 Å². The van der Waals surface area contributed by atoms with Gasteiger partial charge in [0.15, 0.2) is 0 Å². The lowest BCUT2D eigenvalue weighted by Gasteiger charge is -2.27. The minimum Gasteiger partial charge on any atom is -0.487 e. The van der Waals surface area contributed by atoms with E-state index in [1.165, 1.54) is 16.4 Å². The zero-order valence-corrected chi connectivity index (χ0v) is 20.1. The van der Waals surface area contributed by atoms with Crippen molar-refractivity contribution in [2.75, 3.05) is 4.31 Å². The summed E-state index contributed by atoms with van der Waals surface area (Å²) in [5, 5.41) is 9.45. The maximum absolute atomic E-state index is 13.7. The van der Waals surface area contributed by atoms with Crippen LogP contribution >= 0.6 is 11.6 Å². The van der Waals surface area contributed by atoms with E-state index in [1.807, 2.05) is 30.3 Å². The van der Waals surface area contributed by atoms with Gasteiger partial charge in [-0.2, -0.15) is 0 Å². The van der Waals surface area contributed by atoms with Gasteiger partial charge in [-0.1, -0.05) is 72.3 Å². The molecule has 4 aromatic rings. The Hall–Kier alpha value is -3.81. The zero-order valence-electron chi connectivity index (χ0n) is 18.5. The fourth-order valence-corrected chi connectivity index (χ4v) is 5.12. The molecule has 0 atom stereocenters. The number of rotatable bonds is 9. The Morgan fingerprint density at radius 1 is 0.829 bits per heavy atom. The number of nitrogens with zero attached hydrogens (tertiary/aromatic N) is 1. The molecular formula is C27H22ClNO5S. The number of anilines is 1. The van der Waals surface area contributed by atoms with Crippen molar-refractivity contribution >= 4 is 33.3 Å². The fraction of sp³-hybridized carbons (Fsp3) is 0.0741. The van der Waals surface area contributed by atoms with Gasteiger partial charge in [-0.05, 0) is 53.6 Å². The van der Waals surface area contributed by atoms with Crippen LogP contribution in [0.2, 0.25) is 5.02 Å². The lowest BCUT2D eigenvalue weighted by atomic mass is 10.1. The van der Waals surface area contributed by atoms with Crippen molar-refractivity contribution in [1.29, 1.82) is 0 Å². The quantitative estimate of drug-likeness (QED) is 0.300. The minimum atomic E-state index is -3.96. The Kier molecular flexibility index (Phi) is 7.39. The number of ether oxygens (including phenoxy) is 1. The lowest BCUT2D eigenvalue weighted by Crippen LogP contribution is -2.31. The van der Waals surface area contributed by atoms with Gasteiger partial charge >= 0.3 is 5.97 Å². The molecule has 4 rings (SSSR count). The van der Waals surface area contributed by atoms with Crippen LogP contribution in [0, 0.1) is 0 Å². The van der Waals surface area contributed by atoms with Crippen LogP contribution in [0.15, 0.2) is 108 Å². The first-order valence-electron chi connectivity index (χ1n) is 10.7. The van der Waals surface area contributed by atoms with Gasteiger partial charge in [0, 0.05) is 5.02 Å². The number of aromatic carboxylic acids is 1. The SMILES string of the molecule is O=C(O)c1ccc(COc2ccc(Cl)cc2N(Cc2ccccc2)S(=O)(=O)c2ccccc2)cc1. The number of hydrogen-bond donors (Lipinski definition) is 1. The molecule has 0 heterocycles. The molecule has 0 spiro atoms. The number of sulfonamides is 1. The number of carbonyl (C=O) groups is 1. The molecule has 0 aliphatic heterocycles. The Labute approximate surface area is 209 Å². The summed E-state index contributed by atoms with van der Waals surface area (Å²) < 4.78 is 34.8. The Morgan fingerprint density at radius 3 is 2.09 bits per heavy atom. The van der Waals surface area contributed by atoms with Crippen LogP contribution in [-0.4, -0.2) is 19.5 Å². The standard InChI is InChI=1S/C27H22ClNO5S/c28-23-15-16-26(34-19-21-11-13-22(14-12-21)27(30)31)25(17-23)29(18-20-7-3-1-4-8-20)35(32,33)24-9-5-2-6-10-24/h1-17H,18-19H2,(H,30,31). The molecular weight excluding hydrogens is 486 g/mol. The van der Waals surface area contributed by atoms with E-state index >= 15 is 0 Å². The third-order valence-corrected chi connectivity index (χ3v) is 7.29. The topological polar surface area (TPSA) is 83.9 Å². The van der Waals surface area contributed by atoms with E-state index in [-0.39, 0.29) is 23.6 Å². The normalized spacial score (nSPS) is 11.1. The van der Waals surface area contributed by atoms with Crippen LogP contribution in [0.25, 0.3) is 0 Å². The van der Waals surface area contributed by atoms with Crippen LogP contribution in [0.5, 0.6) is 5.75 Å². The largest absolute Gasteiger partial charge is 0.487 e. The molecule has 1 N–H and O–H groups in total. The van der Waals surface area contributed by atoms with Crippen molar-refractivity contribution in [2.45, 2.75) is 18.0 Å². The summed E-state index contributed by atoms with van der Waals surface area (Å²) in [5.74, 6) is -0.688. The van der Waals surface area contributed by atoms with Crippen molar-refractivity contribution < 1.29 is 23.1 Å². The first-order valence-corrected chi connectivity index (χ1v) is 12.5. The predicted molar refractivity (Wildman–Crippen MR) is 135 cm³/mol. The van der Waals surface area contributed by atoms with Crippen molar-refractivity contribution in [3.63, 3.8) is 0 Å². The summed E-state index contributed by atoms with van der Waals surface area (Å²) in [6, 6.07) is 28.5. The highest BCUT2D eigenvalue weighted by Gasteiger charge is 2.28. The van der Waals surface area contributed by atoms with Crippen LogP contribution in [0.4, 0.5) is 5.69 Å². The molecule has 0 saturated heterocycles. The van der Waals surface area contributed by atoms with Gasteiger partial charge in [0.25, 0.3) is 10.0 Å². The number of benzene rings is 4. The Balaban J connectivity index is 1.72. The third kappa shape index (κ3) is 5.82. The van der Waals surface area contributed by atoms with E-state index in [2.05, 4.69) is 0 Å². The van der Waals surface area contributed by atoms with Gasteiger partial charge in [-0.3, -0.25) is 4.31 Å². The van der Waals surface area contributed by atoms with Gasteiger partial charge in [-0.25, -0.2) is 13.2 Å². The first-order chi connectivity index (χ1) is 16.8. The first kappa shape index (κ1) is 24.3. The average Bonchev–Trinajstić information content (AvgIpc) is 2.88. The third-order valence-electron chi connectivity index (χ3n) is 5.29. The van der Waals surface area contributed by atoms with Crippen molar-refractivity contribution in [1.82, 2.24) is 0 Å². The molecule has 0 fully saturated rings. The van der Waals surface area contributed by atoms with Gasteiger partial charge in [0.2, 0.25) is 0 Å². The molecule has 6 nitrogen and oxygen atoms in total. The molecule has 0 aliphatic carbocycles. The smallest absolute Gasteiger partial charge is 0.335 e. The summed E-state index contributed by atoms with van der Waals surface area (Å²) in [6.07, 6.45) is 0. The minimum absolute atomic E-state index is 0.0715. The predicted octanol–water partition coefficient (Wildman–Crippen LogP) is 6.01. The van der Waals surface area contributed by atoms with Crippen molar-refractivity contribution in [3.8, 4) is 5.75 Å². The monoisotopic (exact) mass is 507 g/mol. The molecule has 0 aliphatic rings. The molecule has 0 bridgehead atoms. The molecule has 35 heavy (non-hydrogen) atoms. The lowest BCUT2D eigenvalue weighted by molar-refractivity contribution is 0.0697. The van der Waals surface area contributed by atoms with E-state index < -0.39 is 16.0 Å². The van der Waals surface area contributed by atoms with Crippen LogP contribution in [-0.2, 0) is 23.2 Å². The fourth-order valence-electron chi connectivity index (χ4n) is 3.48. The molecule has 8 heteroatoms. The number of halogens is 1. The highest BCUT2D eigenvalue weighted by Crippen LogP contribution is 2.36. The Bertz CT molecular complexity index is 1410. The molecule has 0 unspecified atom stereocenters. The van der Waals surface area contributed by atoms with Crippen LogP contribution in [0.1, 0.15) is 21.5 Å². The maximum Gasteiger partial charge on any atom is 0.335 e. The average molecular weight is 508 g/mol. The summed E-state index contributed by atoms with van der Waals surface area (Å²) >= 11 is 6.29. The van der Waals surface area contributed by atoms with Crippen LogP contribution < -0.4 is 9.04 Å². The molecule has 0 saturated carbocycles. The van der Waals surface area contributed by atoms with Crippen molar-refractivity contribution in [3.05, 3.63) is 125 Å². The number of carboxylic acids is 1. The second-order valence-electron chi connectivity index (χ2n) is 7.71. The van der Waals surface area contributed by atoms with Crippen molar-refractivity contribution in [2.24, 2.45) is 0 Å². The maximum atomic E-state index is 13.7. The van der Waals surface area contributed by atoms with Crippen LogP contribution in [0.3, 0.4) is 0 Å². The number of carboxylic acid groups (broad SMARTS) is 1. The van der Waals surface area contributed by atoms with E-state index in [0.29, 0.717) is 16.5 Å². The highest BCUT2D eigenvalue weighted by molar-refractivity contribution is 7.92. The van der Waals surface area contributed by atoms with E-state index in [4.69, 9.17) is 21.4 Å². The zero-order chi connectivity index (χ0) is 24.8. The second kappa shape index (κ2) is 10.6. The summed E-state index contributed by atoms with van der Waals surface area (Å²) in [4.78, 5) is 11.2. The van der Waals surface area contributed by atoms with Gasteiger partial charge in [0.05, 0.1) is 22.7 Å². The van der Waals surface area contributed by atoms with E-state index in [9.17, 15) is 13.2 Å². The summed E-state index contributed by atoms with van der Waals surface area (Å²) in [5.41, 5.74) is 2.00. The highest BCUT2D eigenvalue weighted by atomic mass is 35.5. The molecule has 178 valence electrons. The van der Waals surface area contributed by atoms with Gasteiger partial charge in [-0.15, -0.1) is 0 Å². The summed E-state index contributed by atoms with van der Waals surface area (Å²) in [7, 11) is -3.96. The molecule has 0 radical (unpaired) electrons. The molecule has 0 amide bonds. The van der Waals surface area contributed by atoms with E-state index in [1.54, 1.807) is 60.7 Å². The Morgan fingerprint density at radius 2 is 1.46 bits per heavy atom. The van der Waals surface area contributed by atoms with E-state index in [0.717, 1.165) is 11.1 Å². The summed E-state index contributed by atoms with van der Waals surface area (Å²) in [6.45, 7) is 0.182.